The maximum Gasteiger partial charge on any atom is 0.254 e. The summed E-state index contributed by atoms with van der Waals surface area (Å²) in [6, 6.07) is 6.32. The first-order valence-corrected chi connectivity index (χ1v) is 9.06. The number of aliphatic hydroxyl groups excluding tert-OH is 1. The van der Waals surface area contributed by atoms with E-state index in [0.717, 1.165) is 42.6 Å². The third-order valence-corrected chi connectivity index (χ3v) is 6.63. The zero-order valence-electron chi connectivity index (χ0n) is 13.4. The largest absolute Gasteiger partial charge is 0.388 e. The molecule has 1 aromatic carbocycles. The van der Waals surface area contributed by atoms with Crippen LogP contribution in [0.4, 0.5) is 0 Å². The molecule has 23 heavy (non-hydrogen) atoms. The summed E-state index contributed by atoms with van der Waals surface area (Å²) < 4.78 is 0. The summed E-state index contributed by atoms with van der Waals surface area (Å²) in [6.07, 6.45) is 3.91. The van der Waals surface area contributed by atoms with Crippen LogP contribution in [0.2, 0.25) is 0 Å². The monoisotopic (exact) mass is 312 g/mol. The van der Waals surface area contributed by atoms with Crippen molar-refractivity contribution in [2.45, 2.75) is 43.7 Å². The minimum absolute atomic E-state index is 0.200. The van der Waals surface area contributed by atoms with Gasteiger partial charge in [-0.25, -0.2) is 0 Å². The molecule has 0 spiro atoms. The Bertz CT molecular complexity index is 651. The van der Waals surface area contributed by atoms with E-state index in [1.165, 1.54) is 25.9 Å². The van der Waals surface area contributed by atoms with Crippen LogP contribution in [0, 0.1) is 5.92 Å². The Balaban J connectivity index is 1.53. The number of nitrogens with zero attached hydrogens (tertiary/aromatic N) is 2. The second-order valence-corrected chi connectivity index (χ2v) is 7.76. The summed E-state index contributed by atoms with van der Waals surface area (Å²) in [5.41, 5.74) is 3.00. The SMILES string of the molecule is O=C1c2cccc3c2C(CCC3O)CN1C1CN2CCC1CC2. The van der Waals surface area contributed by atoms with Crippen molar-refractivity contribution in [1.82, 2.24) is 9.80 Å². The number of carbonyl (C=O) groups excluding carboxylic acids is 1. The van der Waals surface area contributed by atoms with Crippen molar-refractivity contribution in [1.29, 1.82) is 0 Å². The van der Waals surface area contributed by atoms with E-state index in [0.29, 0.717) is 17.9 Å². The van der Waals surface area contributed by atoms with Gasteiger partial charge in [0.05, 0.1) is 6.10 Å². The molecule has 3 unspecified atom stereocenters. The molecular weight excluding hydrogens is 288 g/mol. The number of benzene rings is 1. The molecule has 122 valence electrons. The van der Waals surface area contributed by atoms with Gasteiger partial charge in [0, 0.05) is 30.6 Å². The highest BCUT2D eigenvalue weighted by Crippen LogP contribution is 2.44. The Morgan fingerprint density at radius 2 is 1.87 bits per heavy atom. The lowest BCUT2D eigenvalue weighted by molar-refractivity contribution is 0.00143. The second-order valence-electron chi connectivity index (χ2n) is 7.76. The van der Waals surface area contributed by atoms with Crippen LogP contribution >= 0.6 is 0 Å². The van der Waals surface area contributed by atoms with Crippen LogP contribution in [-0.2, 0) is 0 Å². The quantitative estimate of drug-likeness (QED) is 0.864. The van der Waals surface area contributed by atoms with Gasteiger partial charge >= 0.3 is 0 Å². The Labute approximate surface area is 137 Å². The molecule has 6 rings (SSSR count). The summed E-state index contributed by atoms with van der Waals surface area (Å²) in [6.45, 7) is 4.32. The van der Waals surface area contributed by atoms with E-state index in [4.69, 9.17) is 0 Å². The van der Waals surface area contributed by atoms with Crippen LogP contribution in [0.1, 0.15) is 59.2 Å². The summed E-state index contributed by atoms with van der Waals surface area (Å²) in [5.74, 6) is 1.30. The summed E-state index contributed by atoms with van der Waals surface area (Å²) in [4.78, 5) is 17.9. The van der Waals surface area contributed by atoms with Crippen molar-refractivity contribution >= 4 is 5.91 Å². The standard InChI is InChI=1S/C19H24N2O2/c22-17-5-4-13-10-21(16-11-20-8-6-12(16)7-9-20)19(23)15-3-1-2-14(17)18(13)15/h1-3,12-13,16-17,22H,4-11H2. The number of carbonyl (C=O) groups is 1. The molecule has 3 atom stereocenters. The molecule has 4 heterocycles. The Morgan fingerprint density at radius 3 is 2.61 bits per heavy atom. The van der Waals surface area contributed by atoms with Crippen molar-refractivity contribution in [3.63, 3.8) is 0 Å². The fraction of sp³-hybridized carbons (Fsp3) is 0.632. The molecule has 0 radical (unpaired) electrons. The van der Waals surface area contributed by atoms with Gasteiger partial charge in [-0.05, 0) is 61.9 Å². The van der Waals surface area contributed by atoms with Crippen molar-refractivity contribution in [3.8, 4) is 0 Å². The molecule has 1 aliphatic carbocycles. The third-order valence-electron chi connectivity index (χ3n) is 6.63. The van der Waals surface area contributed by atoms with Crippen molar-refractivity contribution in [3.05, 3.63) is 34.9 Å². The molecule has 0 aromatic heterocycles. The van der Waals surface area contributed by atoms with Crippen LogP contribution in [0.25, 0.3) is 0 Å². The summed E-state index contributed by atoms with van der Waals surface area (Å²) >= 11 is 0. The summed E-state index contributed by atoms with van der Waals surface area (Å²) in [5, 5.41) is 10.3. The van der Waals surface area contributed by atoms with Crippen molar-refractivity contribution < 1.29 is 9.90 Å². The molecule has 4 aliphatic heterocycles. The van der Waals surface area contributed by atoms with Crippen LogP contribution in [-0.4, -0.2) is 53.0 Å². The zero-order chi connectivity index (χ0) is 15.6. The van der Waals surface area contributed by atoms with Crippen LogP contribution in [0.5, 0.6) is 0 Å². The van der Waals surface area contributed by atoms with E-state index in [2.05, 4.69) is 9.80 Å². The van der Waals surface area contributed by atoms with Gasteiger partial charge < -0.3 is 14.9 Å². The van der Waals surface area contributed by atoms with Crippen molar-refractivity contribution in [2.24, 2.45) is 5.92 Å². The van der Waals surface area contributed by atoms with E-state index in [9.17, 15) is 9.90 Å². The summed E-state index contributed by atoms with van der Waals surface area (Å²) in [7, 11) is 0. The molecule has 4 heteroatoms. The van der Waals surface area contributed by atoms with Gasteiger partial charge in [-0.2, -0.15) is 0 Å². The molecule has 3 fully saturated rings. The van der Waals surface area contributed by atoms with Crippen molar-refractivity contribution in [2.75, 3.05) is 26.2 Å². The lowest BCUT2D eigenvalue weighted by atomic mass is 9.74. The van der Waals surface area contributed by atoms with Crippen LogP contribution in [0.15, 0.2) is 18.2 Å². The number of fused-ring (bicyclic) bond motifs is 3. The van der Waals surface area contributed by atoms with E-state index in [1.807, 2.05) is 18.2 Å². The Morgan fingerprint density at radius 1 is 1.04 bits per heavy atom. The van der Waals surface area contributed by atoms with Gasteiger partial charge in [0.1, 0.15) is 0 Å². The second kappa shape index (κ2) is 5.05. The average Bonchev–Trinajstić information content (AvgIpc) is 2.61. The normalized spacial score (nSPS) is 38.6. The molecular formula is C19H24N2O2. The molecule has 1 aromatic rings. The average molecular weight is 312 g/mol. The molecule has 1 N–H and O–H groups in total. The zero-order valence-corrected chi connectivity index (χ0v) is 13.4. The molecule has 3 saturated heterocycles. The smallest absolute Gasteiger partial charge is 0.254 e. The number of rotatable bonds is 1. The predicted molar refractivity (Wildman–Crippen MR) is 87.4 cm³/mol. The minimum atomic E-state index is -0.391. The molecule has 4 nitrogen and oxygen atoms in total. The lowest BCUT2D eigenvalue weighted by Crippen LogP contribution is -2.60. The fourth-order valence-electron chi connectivity index (χ4n) is 5.41. The first-order chi connectivity index (χ1) is 11.2. The third kappa shape index (κ3) is 2.01. The van der Waals surface area contributed by atoms with E-state index in [1.54, 1.807) is 0 Å². The number of amides is 1. The number of hydrogen-bond donors (Lipinski definition) is 1. The molecule has 5 aliphatic rings. The number of piperidine rings is 3. The first kappa shape index (κ1) is 14.0. The topological polar surface area (TPSA) is 43.8 Å². The first-order valence-electron chi connectivity index (χ1n) is 9.06. The van der Waals surface area contributed by atoms with Gasteiger partial charge in [0.15, 0.2) is 0 Å². The molecule has 1 amide bonds. The van der Waals surface area contributed by atoms with Gasteiger partial charge in [-0.1, -0.05) is 12.1 Å². The maximum atomic E-state index is 13.2. The highest BCUT2D eigenvalue weighted by Gasteiger charge is 2.44. The molecule has 2 bridgehead atoms. The van der Waals surface area contributed by atoms with Gasteiger partial charge in [-0.15, -0.1) is 0 Å². The highest BCUT2D eigenvalue weighted by atomic mass is 16.3. The minimum Gasteiger partial charge on any atom is -0.388 e. The lowest BCUT2D eigenvalue weighted by Gasteiger charge is -2.51. The van der Waals surface area contributed by atoms with Gasteiger partial charge in [0.2, 0.25) is 0 Å². The van der Waals surface area contributed by atoms with Crippen LogP contribution < -0.4 is 0 Å². The number of hydrogen-bond acceptors (Lipinski definition) is 3. The maximum absolute atomic E-state index is 13.2. The fourth-order valence-corrected chi connectivity index (χ4v) is 5.41. The van der Waals surface area contributed by atoms with E-state index in [-0.39, 0.29) is 5.91 Å². The Kier molecular flexibility index (Phi) is 3.07. The van der Waals surface area contributed by atoms with Crippen LogP contribution in [0.3, 0.4) is 0 Å². The number of aliphatic hydroxyl groups is 1. The van der Waals surface area contributed by atoms with Gasteiger partial charge in [0.25, 0.3) is 5.91 Å². The van der Waals surface area contributed by atoms with E-state index < -0.39 is 6.10 Å². The predicted octanol–water partition coefficient (Wildman–Crippen LogP) is 2.15. The van der Waals surface area contributed by atoms with E-state index >= 15 is 0 Å². The molecule has 0 saturated carbocycles. The van der Waals surface area contributed by atoms with Gasteiger partial charge in [-0.3, -0.25) is 4.79 Å². The highest BCUT2D eigenvalue weighted by molar-refractivity contribution is 5.98. The Hall–Kier alpha value is -1.39.